The summed E-state index contributed by atoms with van der Waals surface area (Å²) in [6, 6.07) is 6.59. The largest absolute Gasteiger partial charge is 0.291 e. The van der Waals surface area contributed by atoms with Gasteiger partial charge in [0.15, 0.2) is 0 Å². The van der Waals surface area contributed by atoms with Crippen molar-refractivity contribution >= 4 is 18.9 Å². The summed E-state index contributed by atoms with van der Waals surface area (Å²) in [5.74, 6) is 0.522. The molecule has 1 nitrogen and oxygen atoms in total. The van der Waals surface area contributed by atoms with Crippen LogP contribution in [0.3, 0.4) is 0 Å². The average Bonchev–Trinajstić information content (AvgIpc) is 2.73. The van der Waals surface area contributed by atoms with Crippen molar-refractivity contribution in [3.8, 4) is 0 Å². The summed E-state index contributed by atoms with van der Waals surface area (Å²) < 4.78 is 0. The first kappa shape index (κ1) is 10.7. The van der Waals surface area contributed by atoms with E-state index in [0.717, 1.165) is 6.42 Å². The molecule has 1 atom stereocenters. The van der Waals surface area contributed by atoms with Crippen LogP contribution in [0.5, 0.6) is 0 Å². The Hall–Kier alpha value is -0.760. The first-order chi connectivity index (χ1) is 7.33. The quantitative estimate of drug-likeness (QED) is 0.769. The topological polar surface area (TPSA) is 17.1 Å². The molecule has 1 aromatic rings. The summed E-state index contributed by atoms with van der Waals surface area (Å²) in [7, 11) is 0. The van der Waals surface area contributed by atoms with Crippen molar-refractivity contribution in [2.75, 3.05) is 5.75 Å². The maximum Gasteiger partial charge on any atom is 0.202 e. The molecule has 1 aliphatic rings. The third kappa shape index (κ3) is 2.43. The van der Waals surface area contributed by atoms with E-state index in [1.165, 1.54) is 36.0 Å². The van der Waals surface area contributed by atoms with Crippen LogP contribution in [-0.4, -0.2) is 12.0 Å². The molecule has 1 aliphatic carbocycles. The molecule has 0 heterocycles. The Kier molecular flexibility index (Phi) is 3.47. The summed E-state index contributed by atoms with van der Waals surface area (Å²) in [4.78, 5) is 10.6. The van der Waals surface area contributed by atoms with E-state index in [1.54, 1.807) is 0 Å². The van der Waals surface area contributed by atoms with E-state index in [1.807, 2.05) is 6.29 Å². The molecule has 0 fully saturated rings. The van der Waals surface area contributed by atoms with Gasteiger partial charge in [-0.2, -0.15) is 12.6 Å². The van der Waals surface area contributed by atoms with Gasteiger partial charge in [0.05, 0.1) is 0 Å². The van der Waals surface area contributed by atoms with Gasteiger partial charge in [-0.25, -0.2) is 0 Å². The summed E-state index contributed by atoms with van der Waals surface area (Å²) in [5, 5.41) is 0. The number of hydrogen-bond donors (Lipinski definition) is 1. The first-order valence-corrected chi connectivity index (χ1v) is 6.06. The van der Waals surface area contributed by atoms with Crippen molar-refractivity contribution in [1.29, 1.82) is 0 Å². The summed E-state index contributed by atoms with van der Waals surface area (Å²) in [6.07, 6.45) is 6.50. The molecule has 0 saturated heterocycles. The van der Waals surface area contributed by atoms with E-state index in [-0.39, 0.29) is 5.92 Å². The van der Waals surface area contributed by atoms with Crippen LogP contribution in [-0.2, 0) is 24.1 Å². The number of thiol groups is 1. The van der Waals surface area contributed by atoms with Crippen molar-refractivity contribution < 1.29 is 4.79 Å². The Balaban J connectivity index is 2.12. The fraction of sp³-hybridized carbons (Fsp3) is 0.462. The van der Waals surface area contributed by atoms with Gasteiger partial charge in [0, 0.05) is 11.7 Å². The normalized spacial score (nSPS) is 16.1. The lowest BCUT2D eigenvalue weighted by Gasteiger charge is -2.08. The maximum atomic E-state index is 10.6. The van der Waals surface area contributed by atoms with Crippen molar-refractivity contribution in [1.82, 2.24) is 0 Å². The van der Waals surface area contributed by atoms with Gasteiger partial charge in [0.25, 0.3) is 0 Å². The monoisotopic (exact) mass is 219 g/mol. The number of rotatable bonds is 4. The molecule has 79 valence electrons. The van der Waals surface area contributed by atoms with Gasteiger partial charge in [0.2, 0.25) is 6.29 Å². The predicted octanol–water partition coefficient (Wildman–Crippen LogP) is 2.37. The zero-order valence-electron chi connectivity index (χ0n) is 8.70. The van der Waals surface area contributed by atoms with Gasteiger partial charge in [-0.3, -0.25) is 4.79 Å². The van der Waals surface area contributed by atoms with Crippen LogP contribution < -0.4 is 0 Å². The Labute approximate surface area is 96.3 Å². The third-order valence-electron chi connectivity index (χ3n) is 3.03. The smallest absolute Gasteiger partial charge is 0.202 e. The molecule has 1 unspecified atom stereocenters. The lowest BCUT2D eigenvalue weighted by Crippen LogP contribution is -2.07. The van der Waals surface area contributed by atoms with Crippen molar-refractivity contribution in [2.24, 2.45) is 5.92 Å². The fourth-order valence-electron chi connectivity index (χ4n) is 2.18. The third-order valence-corrected chi connectivity index (χ3v) is 3.47. The molecule has 0 saturated carbocycles. The molecule has 1 aromatic carbocycles. The average molecular weight is 219 g/mol. The standard InChI is InChI=1S/C13H15OS/c14-8-11(9-15)6-10-4-5-12-2-1-3-13(12)7-10/h4-5,7,11,15H,1-3,6,9H2. The van der Waals surface area contributed by atoms with Crippen molar-refractivity contribution in [3.05, 3.63) is 34.9 Å². The van der Waals surface area contributed by atoms with E-state index < -0.39 is 0 Å². The van der Waals surface area contributed by atoms with Crippen LogP contribution in [0.1, 0.15) is 23.1 Å². The van der Waals surface area contributed by atoms with E-state index in [4.69, 9.17) is 0 Å². The molecule has 15 heavy (non-hydrogen) atoms. The molecule has 1 radical (unpaired) electrons. The van der Waals surface area contributed by atoms with Crippen LogP contribution in [0.25, 0.3) is 0 Å². The van der Waals surface area contributed by atoms with E-state index in [0.29, 0.717) is 5.75 Å². The molecular formula is C13H15OS. The Morgan fingerprint density at radius 3 is 2.87 bits per heavy atom. The second kappa shape index (κ2) is 4.84. The van der Waals surface area contributed by atoms with Gasteiger partial charge in [-0.05, 0) is 42.4 Å². The number of hydrogen-bond acceptors (Lipinski definition) is 2. The second-order valence-electron chi connectivity index (χ2n) is 4.16. The predicted molar refractivity (Wildman–Crippen MR) is 65.2 cm³/mol. The minimum absolute atomic E-state index is 0.0622. The minimum atomic E-state index is -0.0622. The lowest BCUT2D eigenvalue weighted by atomic mass is 9.99. The Morgan fingerprint density at radius 2 is 2.13 bits per heavy atom. The van der Waals surface area contributed by atoms with Crippen molar-refractivity contribution in [2.45, 2.75) is 25.7 Å². The number of aryl methyl sites for hydroxylation is 2. The molecular weight excluding hydrogens is 204 g/mol. The molecule has 0 aromatic heterocycles. The number of benzene rings is 1. The van der Waals surface area contributed by atoms with Crippen LogP contribution in [0.2, 0.25) is 0 Å². The fourth-order valence-corrected chi connectivity index (χ4v) is 2.38. The van der Waals surface area contributed by atoms with Crippen LogP contribution in [0.4, 0.5) is 0 Å². The van der Waals surface area contributed by atoms with Gasteiger partial charge in [-0.1, -0.05) is 18.2 Å². The Morgan fingerprint density at radius 1 is 1.33 bits per heavy atom. The summed E-state index contributed by atoms with van der Waals surface area (Å²) in [6.45, 7) is 0. The molecule has 0 amide bonds. The van der Waals surface area contributed by atoms with Crippen molar-refractivity contribution in [3.63, 3.8) is 0 Å². The zero-order chi connectivity index (χ0) is 10.7. The number of carbonyl (C=O) groups excluding carboxylic acids is 1. The van der Waals surface area contributed by atoms with Crippen LogP contribution in [0, 0.1) is 5.92 Å². The summed E-state index contributed by atoms with van der Waals surface area (Å²) >= 11 is 4.14. The van der Waals surface area contributed by atoms with Gasteiger partial charge < -0.3 is 0 Å². The van der Waals surface area contributed by atoms with Gasteiger partial charge >= 0.3 is 0 Å². The molecule has 0 aliphatic heterocycles. The minimum Gasteiger partial charge on any atom is -0.291 e. The van der Waals surface area contributed by atoms with E-state index >= 15 is 0 Å². The SMILES string of the molecule is O=[C]C(CS)Cc1ccc2c(c1)CCC2. The van der Waals surface area contributed by atoms with Gasteiger partial charge in [0.1, 0.15) is 0 Å². The zero-order valence-corrected chi connectivity index (χ0v) is 9.59. The molecule has 0 bridgehead atoms. The molecule has 2 rings (SSSR count). The van der Waals surface area contributed by atoms with Gasteiger partial charge in [-0.15, -0.1) is 0 Å². The summed E-state index contributed by atoms with van der Waals surface area (Å²) in [5.41, 5.74) is 4.20. The molecule has 0 N–H and O–H groups in total. The highest BCUT2D eigenvalue weighted by atomic mass is 32.1. The lowest BCUT2D eigenvalue weighted by molar-refractivity contribution is 0.530. The number of fused-ring (bicyclic) bond motifs is 1. The highest BCUT2D eigenvalue weighted by Crippen LogP contribution is 2.23. The highest BCUT2D eigenvalue weighted by molar-refractivity contribution is 7.80. The second-order valence-corrected chi connectivity index (χ2v) is 4.52. The molecule has 2 heteroatoms. The first-order valence-electron chi connectivity index (χ1n) is 5.42. The maximum absolute atomic E-state index is 10.6. The Bertz CT molecular complexity index is 360. The van der Waals surface area contributed by atoms with E-state index in [2.05, 4.69) is 30.8 Å². The van der Waals surface area contributed by atoms with Crippen LogP contribution >= 0.6 is 12.6 Å². The highest BCUT2D eigenvalue weighted by Gasteiger charge is 2.13. The van der Waals surface area contributed by atoms with Crippen LogP contribution in [0.15, 0.2) is 18.2 Å². The molecule has 0 spiro atoms. The van der Waals surface area contributed by atoms with E-state index in [9.17, 15) is 4.79 Å².